The highest BCUT2D eigenvalue weighted by molar-refractivity contribution is 5.78. The minimum absolute atomic E-state index is 0.0140. The molecule has 6 nitrogen and oxygen atoms in total. The van der Waals surface area contributed by atoms with E-state index in [0.717, 1.165) is 25.2 Å². The topological polar surface area (TPSA) is 56.6 Å². The molecule has 0 aliphatic carbocycles. The van der Waals surface area contributed by atoms with Crippen LogP contribution in [0, 0.1) is 0 Å². The Morgan fingerprint density at radius 2 is 2.15 bits per heavy atom. The molecule has 0 saturated carbocycles. The van der Waals surface area contributed by atoms with Crippen molar-refractivity contribution in [1.82, 2.24) is 14.5 Å². The van der Waals surface area contributed by atoms with Crippen molar-refractivity contribution in [2.45, 2.75) is 38.6 Å². The van der Waals surface area contributed by atoms with E-state index >= 15 is 0 Å². The number of amides is 1. The lowest BCUT2D eigenvalue weighted by molar-refractivity contribution is -0.134. The van der Waals surface area contributed by atoms with E-state index in [9.17, 15) is 4.79 Å². The molecule has 0 N–H and O–H groups in total. The largest absolute Gasteiger partial charge is 0.497 e. The molecule has 26 heavy (non-hydrogen) atoms. The lowest BCUT2D eigenvalue weighted by Gasteiger charge is -2.33. The van der Waals surface area contributed by atoms with Gasteiger partial charge in [0.1, 0.15) is 17.3 Å². The molecule has 0 spiro atoms. The Hall–Kier alpha value is -2.50. The van der Waals surface area contributed by atoms with Crippen molar-refractivity contribution in [3.05, 3.63) is 42.5 Å². The molecule has 1 aromatic heterocycles. The van der Waals surface area contributed by atoms with Crippen molar-refractivity contribution in [1.29, 1.82) is 0 Å². The number of benzene rings is 1. The minimum atomic E-state index is 0.0140. The first-order chi connectivity index (χ1) is 12.6. The monoisotopic (exact) mass is 357 g/mol. The third kappa shape index (κ3) is 4.18. The van der Waals surface area contributed by atoms with Crippen LogP contribution in [0.25, 0.3) is 0 Å². The summed E-state index contributed by atoms with van der Waals surface area (Å²) in [6.07, 6.45) is 5.92. The lowest BCUT2D eigenvalue weighted by Crippen LogP contribution is -2.42. The summed E-state index contributed by atoms with van der Waals surface area (Å²) in [5, 5.41) is 0. The molecular formula is C20H27N3O3. The summed E-state index contributed by atoms with van der Waals surface area (Å²) in [4.78, 5) is 19.0. The standard InChI is InChI=1S/C20H27N3O3/c1-15(2)23-11-9-21-20(23)16-6-5-10-22(13-16)19(24)14-26-18-8-4-7-17(12-18)25-3/h4,7-9,11-12,15-16H,5-6,10,13-14H2,1-3H3/t16-/m0/s1. The molecule has 2 aromatic rings. The van der Waals surface area contributed by atoms with Crippen molar-refractivity contribution >= 4 is 5.91 Å². The van der Waals surface area contributed by atoms with Crippen LogP contribution >= 0.6 is 0 Å². The van der Waals surface area contributed by atoms with Gasteiger partial charge in [0, 0.05) is 43.5 Å². The molecule has 0 bridgehead atoms. The first-order valence-electron chi connectivity index (χ1n) is 9.16. The lowest BCUT2D eigenvalue weighted by atomic mass is 9.97. The van der Waals surface area contributed by atoms with Crippen LogP contribution in [0.15, 0.2) is 36.7 Å². The smallest absolute Gasteiger partial charge is 0.260 e. The van der Waals surface area contributed by atoms with Crippen LogP contribution in [-0.2, 0) is 4.79 Å². The fraction of sp³-hybridized carbons (Fsp3) is 0.500. The van der Waals surface area contributed by atoms with E-state index in [0.29, 0.717) is 24.1 Å². The number of imidazole rings is 1. The van der Waals surface area contributed by atoms with Crippen LogP contribution in [0.2, 0.25) is 0 Å². The quantitative estimate of drug-likeness (QED) is 0.796. The number of likely N-dealkylation sites (tertiary alicyclic amines) is 1. The first kappa shape index (κ1) is 18.3. The highest BCUT2D eigenvalue weighted by atomic mass is 16.5. The van der Waals surface area contributed by atoms with Gasteiger partial charge < -0.3 is 18.9 Å². The highest BCUT2D eigenvalue weighted by Crippen LogP contribution is 2.27. The van der Waals surface area contributed by atoms with Crippen LogP contribution in [0.1, 0.15) is 44.5 Å². The number of hydrogen-bond donors (Lipinski definition) is 0. The molecule has 1 atom stereocenters. The van der Waals surface area contributed by atoms with E-state index in [1.165, 1.54) is 0 Å². The molecule has 140 valence electrons. The van der Waals surface area contributed by atoms with E-state index in [2.05, 4.69) is 23.4 Å². The second kappa shape index (κ2) is 8.25. The van der Waals surface area contributed by atoms with Crippen LogP contribution in [-0.4, -0.2) is 47.2 Å². The molecule has 1 aromatic carbocycles. The predicted octanol–water partition coefficient (Wildman–Crippen LogP) is 3.26. The summed E-state index contributed by atoms with van der Waals surface area (Å²) in [6, 6.07) is 7.68. The Bertz CT molecular complexity index is 741. The number of rotatable bonds is 6. The Balaban J connectivity index is 1.60. The number of carbonyl (C=O) groups excluding carboxylic acids is 1. The van der Waals surface area contributed by atoms with Gasteiger partial charge in [0.2, 0.25) is 0 Å². The number of aromatic nitrogens is 2. The summed E-state index contributed by atoms with van der Waals surface area (Å²) in [7, 11) is 1.61. The Labute approximate surface area is 154 Å². The van der Waals surface area contributed by atoms with Gasteiger partial charge in [-0.05, 0) is 38.8 Å². The molecule has 0 radical (unpaired) electrons. The number of ether oxygens (including phenoxy) is 2. The van der Waals surface area contributed by atoms with Crippen LogP contribution in [0.5, 0.6) is 11.5 Å². The molecule has 1 aliphatic rings. The van der Waals surface area contributed by atoms with E-state index in [-0.39, 0.29) is 18.4 Å². The number of carbonyl (C=O) groups is 1. The number of methoxy groups -OCH3 is 1. The van der Waals surface area contributed by atoms with Crippen molar-refractivity contribution < 1.29 is 14.3 Å². The Morgan fingerprint density at radius 3 is 2.92 bits per heavy atom. The van der Waals surface area contributed by atoms with Gasteiger partial charge in [-0.2, -0.15) is 0 Å². The van der Waals surface area contributed by atoms with Crippen molar-refractivity contribution in [3.63, 3.8) is 0 Å². The zero-order valence-corrected chi connectivity index (χ0v) is 15.7. The Kier molecular flexibility index (Phi) is 5.81. The van der Waals surface area contributed by atoms with Gasteiger partial charge in [-0.3, -0.25) is 4.79 Å². The van der Waals surface area contributed by atoms with Gasteiger partial charge in [0.05, 0.1) is 7.11 Å². The summed E-state index contributed by atoms with van der Waals surface area (Å²) in [5.41, 5.74) is 0. The summed E-state index contributed by atoms with van der Waals surface area (Å²) < 4.78 is 13.0. The average molecular weight is 357 g/mol. The van der Waals surface area contributed by atoms with E-state index in [1.54, 1.807) is 13.2 Å². The first-order valence-corrected chi connectivity index (χ1v) is 9.16. The third-order valence-corrected chi connectivity index (χ3v) is 4.80. The fourth-order valence-electron chi connectivity index (χ4n) is 3.42. The van der Waals surface area contributed by atoms with E-state index in [4.69, 9.17) is 9.47 Å². The molecule has 1 aliphatic heterocycles. The van der Waals surface area contributed by atoms with Crippen LogP contribution in [0.4, 0.5) is 0 Å². The molecular weight excluding hydrogens is 330 g/mol. The highest BCUT2D eigenvalue weighted by Gasteiger charge is 2.28. The van der Waals surface area contributed by atoms with Crippen molar-refractivity contribution in [3.8, 4) is 11.5 Å². The SMILES string of the molecule is COc1cccc(OCC(=O)N2CCC[C@H](c3nccn3C(C)C)C2)c1. The van der Waals surface area contributed by atoms with Gasteiger partial charge in [-0.15, -0.1) is 0 Å². The van der Waals surface area contributed by atoms with Crippen LogP contribution < -0.4 is 9.47 Å². The number of nitrogens with zero attached hydrogens (tertiary/aromatic N) is 3. The minimum Gasteiger partial charge on any atom is -0.497 e. The fourth-order valence-corrected chi connectivity index (χ4v) is 3.42. The van der Waals surface area contributed by atoms with E-state index < -0.39 is 0 Å². The molecule has 6 heteroatoms. The molecule has 1 amide bonds. The van der Waals surface area contributed by atoms with Crippen LogP contribution in [0.3, 0.4) is 0 Å². The average Bonchev–Trinajstić information content (AvgIpc) is 3.16. The molecule has 0 unspecified atom stereocenters. The predicted molar refractivity (Wildman–Crippen MR) is 99.7 cm³/mol. The molecule has 2 heterocycles. The summed E-state index contributed by atoms with van der Waals surface area (Å²) >= 11 is 0. The van der Waals surface area contributed by atoms with Gasteiger partial charge >= 0.3 is 0 Å². The molecule has 1 saturated heterocycles. The van der Waals surface area contributed by atoms with Crippen molar-refractivity contribution in [2.75, 3.05) is 26.8 Å². The maximum atomic E-state index is 12.6. The third-order valence-electron chi connectivity index (χ3n) is 4.80. The zero-order valence-electron chi connectivity index (χ0n) is 15.7. The number of piperidine rings is 1. The van der Waals surface area contributed by atoms with Gasteiger partial charge in [0.25, 0.3) is 5.91 Å². The van der Waals surface area contributed by atoms with Gasteiger partial charge in [-0.25, -0.2) is 4.98 Å². The molecule has 1 fully saturated rings. The van der Waals surface area contributed by atoms with Gasteiger partial charge in [-0.1, -0.05) is 6.07 Å². The van der Waals surface area contributed by atoms with E-state index in [1.807, 2.05) is 35.5 Å². The summed E-state index contributed by atoms with van der Waals surface area (Å²) in [6.45, 7) is 5.82. The maximum absolute atomic E-state index is 12.6. The van der Waals surface area contributed by atoms with Gasteiger partial charge in [0.15, 0.2) is 6.61 Å². The van der Waals surface area contributed by atoms with Crippen molar-refractivity contribution in [2.24, 2.45) is 0 Å². The summed E-state index contributed by atoms with van der Waals surface area (Å²) in [5.74, 6) is 2.73. The maximum Gasteiger partial charge on any atom is 0.260 e. The zero-order chi connectivity index (χ0) is 18.5. The second-order valence-corrected chi connectivity index (χ2v) is 6.93. The number of hydrogen-bond acceptors (Lipinski definition) is 4. The Morgan fingerprint density at radius 1 is 1.35 bits per heavy atom. The normalized spacial score (nSPS) is 17.4. The molecule has 3 rings (SSSR count). The second-order valence-electron chi connectivity index (χ2n) is 6.93.